The Morgan fingerprint density at radius 2 is 0.956 bits per heavy atom. The zero-order chi connectivity index (χ0) is 32.7. The van der Waals surface area contributed by atoms with Gasteiger partial charge in [0.2, 0.25) is 0 Å². The van der Waals surface area contributed by atoms with Crippen molar-refractivity contribution in [2.45, 2.75) is 16.7 Å². The number of benzene rings is 5. The van der Waals surface area contributed by atoms with E-state index in [2.05, 4.69) is 21.3 Å². The number of aryl methyl sites for hydroxylation is 1. The standard InChI is InChI=1S/C29H24N4O10S2/c1-15-2-3-20(32-28(36)30-18-4-6-23-16(8-18)10-21(13-26(23)34)44(38,39)40)12-25(15)33-29(37)31-19-5-7-24-17(9-19)11-22(14-27(24)35)45(41,42)43/h2-14,34-35H,1H3,(H2,30,32,36)(H2,31,33,37)(H,38,39,40)(H,41,42,43). The molecule has 0 saturated heterocycles. The van der Waals surface area contributed by atoms with Gasteiger partial charge in [-0.2, -0.15) is 16.8 Å². The molecule has 0 heterocycles. The van der Waals surface area contributed by atoms with Crippen molar-refractivity contribution in [3.8, 4) is 11.5 Å². The highest BCUT2D eigenvalue weighted by atomic mass is 32.2. The van der Waals surface area contributed by atoms with Gasteiger partial charge in [0.1, 0.15) is 11.5 Å². The normalized spacial score (nSPS) is 11.7. The van der Waals surface area contributed by atoms with E-state index in [4.69, 9.17) is 0 Å². The van der Waals surface area contributed by atoms with Crippen LogP contribution >= 0.6 is 0 Å². The van der Waals surface area contributed by atoms with Crippen molar-refractivity contribution >= 4 is 76.6 Å². The lowest BCUT2D eigenvalue weighted by Crippen LogP contribution is -2.21. The molecule has 5 aromatic carbocycles. The number of hydrogen-bond donors (Lipinski definition) is 8. The lowest BCUT2D eigenvalue weighted by Gasteiger charge is -2.14. The van der Waals surface area contributed by atoms with Crippen molar-refractivity contribution in [3.05, 3.63) is 84.4 Å². The number of fused-ring (bicyclic) bond motifs is 2. The zero-order valence-corrected chi connectivity index (χ0v) is 24.7. The van der Waals surface area contributed by atoms with Crippen LogP contribution in [0.15, 0.2) is 88.7 Å². The Morgan fingerprint density at radius 3 is 1.40 bits per heavy atom. The largest absolute Gasteiger partial charge is 0.507 e. The fraction of sp³-hybridized carbons (Fsp3) is 0.0345. The Bertz CT molecular complexity index is 2260. The number of nitrogens with one attached hydrogen (secondary N) is 4. The second kappa shape index (κ2) is 11.6. The number of carbonyl (C=O) groups is 2. The lowest BCUT2D eigenvalue weighted by molar-refractivity contribution is 0.261. The van der Waals surface area contributed by atoms with E-state index < -0.39 is 42.1 Å². The van der Waals surface area contributed by atoms with Crippen LogP contribution in [0, 0.1) is 6.92 Å². The molecule has 0 atom stereocenters. The van der Waals surface area contributed by atoms with E-state index in [0.29, 0.717) is 27.7 Å². The van der Waals surface area contributed by atoms with Crippen molar-refractivity contribution in [3.63, 3.8) is 0 Å². The summed E-state index contributed by atoms with van der Waals surface area (Å²) in [4.78, 5) is 24.5. The Hall–Kier alpha value is -5.42. The molecular weight excluding hydrogens is 628 g/mol. The third kappa shape index (κ3) is 7.05. The van der Waals surface area contributed by atoms with E-state index >= 15 is 0 Å². The van der Waals surface area contributed by atoms with Crippen LogP contribution in [0.5, 0.6) is 11.5 Å². The zero-order valence-electron chi connectivity index (χ0n) is 23.1. The SMILES string of the molecule is Cc1ccc(NC(=O)Nc2ccc3c(O)cc(S(=O)(=O)O)cc3c2)cc1NC(=O)Nc1ccc2c(O)cc(S(=O)(=O)O)cc2c1. The number of anilines is 4. The van der Waals surface area contributed by atoms with Gasteiger partial charge in [0.05, 0.1) is 9.79 Å². The van der Waals surface area contributed by atoms with Crippen LogP contribution in [0.2, 0.25) is 0 Å². The van der Waals surface area contributed by atoms with E-state index in [1.807, 2.05) is 0 Å². The average molecular weight is 653 g/mol. The van der Waals surface area contributed by atoms with Gasteiger partial charge >= 0.3 is 12.1 Å². The molecule has 0 aliphatic heterocycles. The molecule has 14 nitrogen and oxygen atoms in total. The quantitative estimate of drug-likeness (QED) is 0.107. The van der Waals surface area contributed by atoms with E-state index in [-0.39, 0.29) is 33.6 Å². The van der Waals surface area contributed by atoms with Crippen molar-refractivity contribution < 1.29 is 45.7 Å². The molecule has 0 fully saturated rings. The lowest BCUT2D eigenvalue weighted by atomic mass is 10.1. The molecule has 0 aromatic heterocycles. The van der Waals surface area contributed by atoms with Crippen LogP contribution in [0.1, 0.15) is 5.56 Å². The number of phenolic OH excluding ortho intramolecular Hbond substituents is 2. The maximum absolute atomic E-state index is 12.8. The Kier molecular flexibility index (Phi) is 7.99. The molecule has 5 aromatic rings. The molecule has 16 heteroatoms. The van der Waals surface area contributed by atoms with Gasteiger partial charge in [-0.25, -0.2) is 9.59 Å². The second-order valence-electron chi connectivity index (χ2n) is 9.89. The Labute approximate surface area is 255 Å². The van der Waals surface area contributed by atoms with Gasteiger partial charge in [-0.3, -0.25) is 9.11 Å². The molecule has 0 unspecified atom stereocenters. The summed E-state index contributed by atoms with van der Waals surface area (Å²) in [6.45, 7) is 1.72. The Balaban J connectivity index is 1.28. The summed E-state index contributed by atoms with van der Waals surface area (Å²) in [5.74, 6) is -0.739. The van der Waals surface area contributed by atoms with Crippen LogP contribution in [0.4, 0.5) is 32.3 Å². The molecule has 0 radical (unpaired) electrons. The van der Waals surface area contributed by atoms with Crippen molar-refractivity contribution in [2.24, 2.45) is 0 Å². The first-order valence-corrected chi connectivity index (χ1v) is 15.7. The first-order chi connectivity index (χ1) is 21.1. The molecule has 232 valence electrons. The van der Waals surface area contributed by atoms with Crippen LogP contribution in [0.25, 0.3) is 21.5 Å². The van der Waals surface area contributed by atoms with Crippen molar-refractivity contribution in [1.29, 1.82) is 0 Å². The monoisotopic (exact) mass is 652 g/mol. The van der Waals surface area contributed by atoms with Gasteiger partial charge in [0, 0.05) is 45.7 Å². The summed E-state index contributed by atoms with van der Waals surface area (Å²) in [6.07, 6.45) is 0. The molecular formula is C29H24N4O10S2. The predicted molar refractivity (Wildman–Crippen MR) is 167 cm³/mol. The third-order valence-electron chi connectivity index (χ3n) is 6.66. The number of rotatable bonds is 6. The minimum absolute atomic E-state index is 0.246. The smallest absolute Gasteiger partial charge is 0.323 e. The van der Waals surface area contributed by atoms with E-state index in [1.54, 1.807) is 19.1 Å². The summed E-state index contributed by atoms with van der Waals surface area (Å²) >= 11 is 0. The summed E-state index contributed by atoms with van der Waals surface area (Å²) in [7, 11) is -9.15. The topological polar surface area (TPSA) is 231 Å². The number of carbonyl (C=O) groups excluding carboxylic acids is 2. The molecule has 4 amide bonds. The molecule has 0 aliphatic rings. The average Bonchev–Trinajstić information content (AvgIpc) is 2.93. The highest BCUT2D eigenvalue weighted by Gasteiger charge is 2.16. The fourth-order valence-corrected chi connectivity index (χ4v) is 5.58. The molecule has 45 heavy (non-hydrogen) atoms. The maximum Gasteiger partial charge on any atom is 0.323 e. The van der Waals surface area contributed by atoms with Gasteiger partial charge in [0.15, 0.2) is 0 Å². The van der Waals surface area contributed by atoms with Crippen LogP contribution in [0.3, 0.4) is 0 Å². The van der Waals surface area contributed by atoms with Gasteiger partial charge < -0.3 is 31.5 Å². The maximum atomic E-state index is 12.8. The summed E-state index contributed by atoms with van der Waals surface area (Å²) in [6, 6.07) is 16.3. The summed E-state index contributed by atoms with van der Waals surface area (Å²) < 4.78 is 64.7. The van der Waals surface area contributed by atoms with E-state index in [0.717, 1.165) is 24.3 Å². The van der Waals surface area contributed by atoms with Crippen molar-refractivity contribution in [1.82, 2.24) is 0 Å². The number of amides is 4. The first-order valence-electron chi connectivity index (χ1n) is 12.8. The molecule has 8 N–H and O–H groups in total. The molecule has 0 spiro atoms. The van der Waals surface area contributed by atoms with Crippen LogP contribution in [-0.2, 0) is 20.2 Å². The molecule has 5 rings (SSSR count). The van der Waals surface area contributed by atoms with Gasteiger partial charge in [-0.15, -0.1) is 0 Å². The number of phenols is 2. The van der Waals surface area contributed by atoms with E-state index in [1.165, 1.54) is 42.5 Å². The fourth-order valence-electron chi connectivity index (χ4n) is 4.51. The highest BCUT2D eigenvalue weighted by molar-refractivity contribution is 7.86. The Morgan fingerprint density at radius 1 is 0.556 bits per heavy atom. The third-order valence-corrected chi connectivity index (χ3v) is 8.33. The van der Waals surface area contributed by atoms with Crippen LogP contribution < -0.4 is 21.3 Å². The predicted octanol–water partition coefficient (Wildman–Crippen LogP) is 5.49. The number of urea groups is 2. The van der Waals surface area contributed by atoms with Gasteiger partial charge in [0.25, 0.3) is 20.2 Å². The highest BCUT2D eigenvalue weighted by Crippen LogP contribution is 2.32. The number of hydrogen-bond acceptors (Lipinski definition) is 8. The molecule has 0 saturated carbocycles. The molecule has 0 bridgehead atoms. The summed E-state index contributed by atoms with van der Waals surface area (Å²) in [5, 5.41) is 31.8. The van der Waals surface area contributed by atoms with E-state index in [9.17, 15) is 45.7 Å². The summed E-state index contributed by atoms with van der Waals surface area (Å²) in [5.41, 5.74) is 1.81. The van der Waals surface area contributed by atoms with Gasteiger partial charge in [-0.1, -0.05) is 6.07 Å². The van der Waals surface area contributed by atoms with Gasteiger partial charge in [-0.05, 0) is 83.9 Å². The van der Waals surface area contributed by atoms with Crippen molar-refractivity contribution in [2.75, 3.05) is 21.3 Å². The number of aromatic hydroxyl groups is 2. The first kappa shape index (κ1) is 31.0. The van der Waals surface area contributed by atoms with Crippen LogP contribution in [-0.4, -0.2) is 48.2 Å². The molecule has 0 aliphatic carbocycles. The minimum atomic E-state index is -4.58. The minimum Gasteiger partial charge on any atom is -0.507 e. The second-order valence-corrected chi connectivity index (χ2v) is 12.7.